The van der Waals surface area contributed by atoms with Crippen molar-refractivity contribution >= 4 is 5.91 Å². The molecule has 2 fully saturated rings. The third-order valence-corrected chi connectivity index (χ3v) is 3.78. The standard InChI is InChI=1S/C15H24N2O2/c1-2-3-4-7-16-8-5-9-17(11-10-16)15(18)14-6-12-19-13-14/h14H,2,5-13H2,1H3. The maximum absolute atomic E-state index is 12.3. The molecule has 0 spiro atoms. The van der Waals surface area contributed by atoms with Crippen molar-refractivity contribution in [3.05, 3.63) is 0 Å². The summed E-state index contributed by atoms with van der Waals surface area (Å²) >= 11 is 0. The molecule has 0 aromatic carbocycles. The molecule has 2 aliphatic rings. The Bertz CT molecular complexity index is 353. The van der Waals surface area contributed by atoms with E-state index < -0.39 is 0 Å². The van der Waals surface area contributed by atoms with Gasteiger partial charge in [-0.05, 0) is 12.8 Å². The molecule has 2 saturated heterocycles. The molecule has 0 aromatic rings. The highest BCUT2D eigenvalue weighted by Crippen LogP contribution is 2.16. The van der Waals surface area contributed by atoms with Gasteiger partial charge in [0.05, 0.1) is 19.1 Å². The van der Waals surface area contributed by atoms with Crippen LogP contribution in [0.3, 0.4) is 0 Å². The van der Waals surface area contributed by atoms with E-state index in [0.29, 0.717) is 12.5 Å². The van der Waals surface area contributed by atoms with Crippen LogP contribution in [0.25, 0.3) is 0 Å². The first-order valence-electron chi connectivity index (χ1n) is 7.36. The summed E-state index contributed by atoms with van der Waals surface area (Å²) in [5.41, 5.74) is 0. The fraction of sp³-hybridized carbons (Fsp3) is 0.800. The molecule has 0 aliphatic carbocycles. The number of amides is 1. The Morgan fingerprint density at radius 3 is 2.89 bits per heavy atom. The van der Waals surface area contributed by atoms with Gasteiger partial charge in [-0.15, -0.1) is 5.92 Å². The van der Waals surface area contributed by atoms with Crippen LogP contribution in [0.15, 0.2) is 0 Å². The summed E-state index contributed by atoms with van der Waals surface area (Å²) < 4.78 is 5.31. The van der Waals surface area contributed by atoms with E-state index >= 15 is 0 Å². The molecular formula is C15H24N2O2. The molecule has 0 N–H and O–H groups in total. The van der Waals surface area contributed by atoms with Crippen molar-refractivity contribution in [1.29, 1.82) is 0 Å². The van der Waals surface area contributed by atoms with Gasteiger partial charge < -0.3 is 9.64 Å². The van der Waals surface area contributed by atoms with E-state index in [2.05, 4.69) is 23.7 Å². The fourth-order valence-corrected chi connectivity index (χ4v) is 2.63. The summed E-state index contributed by atoms with van der Waals surface area (Å²) in [6.07, 6.45) is 2.86. The molecule has 4 nitrogen and oxygen atoms in total. The van der Waals surface area contributed by atoms with E-state index in [-0.39, 0.29) is 5.92 Å². The number of hydrogen-bond acceptors (Lipinski definition) is 3. The minimum atomic E-state index is 0.103. The van der Waals surface area contributed by atoms with Crippen LogP contribution in [-0.2, 0) is 9.53 Å². The van der Waals surface area contributed by atoms with Crippen molar-refractivity contribution in [2.24, 2.45) is 5.92 Å². The maximum atomic E-state index is 12.3. The van der Waals surface area contributed by atoms with E-state index in [9.17, 15) is 4.79 Å². The minimum Gasteiger partial charge on any atom is -0.381 e. The van der Waals surface area contributed by atoms with Crippen LogP contribution < -0.4 is 0 Å². The van der Waals surface area contributed by atoms with Gasteiger partial charge >= 0.3 is 0 Å². The van der Waals surface area contributed by atoms with Crippen molar-refractivity contribution < 1.29 is 9.53 Å². The highest BCUT2D eigenvalue weighted by atomic mass is 16.5. The van der Waals surface area contributed by atoms with Crippen LogP contribution in [0.1, 0.15) is 26.2 Å². The third kappa shape index (κ3) is 4.22. The second-order valence-electron chi connectivity index (χ2n) is 5.22. The third-order valence-electron chi connectivity index (χ3n) is 3.78. The van der Waals surface area contributed by atoms with Gasteiger partial charge in [0.1, 0.15) is 0 Å². The zero-order valence-corrected chi connectivity index (χ0v) is 11.9. The van der Waals surface area contributed by atoms with E-state index in [1.807, 2.05) is 4.90 Å². The lowest BCUT2D eigenvalue weighted by Crippen LogP contribution is -2.39. The second-order valence-corrected chi connectivity index (χ2v) is 5.22. The largest absolute Gasteiger partial charge is 0.381 e. The van der Waals surface area contributed by atoms with E-state index in [1.54, 1.807) is 0 Å². The Labute approximate surface area is 116 Å². The molecule has 0 bridgehead atoms. The number of carbonyl (C=O) groups is 1. The van der Waals surface area contributed by atoms with Crippen molar-refractivity contribution in [2.75, 3.05) is 45.9 Å². The van der Waals surface area contributed by atoms with Crippen molar-refractivity contribution in [2.45, 2.75) is 26.2 Å². The summed E-state index contributed by atoms with van der Waals surface area (Å²) in [4.78, 5) is 16.7. The van der Waals surface area contributed by atoms with Gasteiger partial charge in [0.25, 0.3) is 0 Å². The first-order valence-corrected chi connectivity index (χ1v) is 7.36. The number of hydrogen-bond donors (Lipinski definition) is 0. The quantitative estimate of drug-likeness (QED) is 0.697. The van der Waals surface area contributed by atoms with E-state index in [1.165, 1.54) is 0 Å². The molecule has 2 rings (SSSR count). The molecule has 0 saturated carbocycles. The van der Waals surface area contributed by atoms with Crippen LogP contribution in [0.2, 0.25) is 0 Å². The Balaban J connectivity index is 1.80. The van der Waals surface area contributed by atoms with Crippen molar-refractivity contribution in [3.8, 4) is 11.8 Å². The number of nitrogens with zero attached hydrogens (tertiary/aromatic N) is 2. The molecule has 2 heterocycles. The summed E-state index contributed by atoms with van der Waals surface area (Å²) in [7, 11) is 0. The van der Waals surface area contributed by atoms with Gasteiger partial charge in [0, 0.05) is 39.2 Å². The zero-order valence-electron chi connectivity index (χ0n) is 11.9. The maximum Gasteiger partial charge on any atom is 0.228 e. The monoisotopic (exact) mass is 264 g/mol. The first-order chi connectivity index (χ1) is 9.31. The van der Waals surface area contributed by atoms with Gasteiger partial charge in [-0.1, -0.05) is 12.8 Å². The molecule has 1 atom stereocenters. The lowest BCUT2D eigenvalue weighted by Gasteiger charge is -2.23. The smallest absolute Gasteiger partial charge is 0.228 e. The normalized spacial score (nSPS) is 24.7. The highest BCUT2D eigenvalue weighted by molar-refractivity contribution is 5.79. The predicted molar refractivity (Wildman–Crippen MR) is 74.6 cm³/mol. The zero-order chi connectivity index (χ0) is 13.5. The fourth-order valence-electron chi connectivity index (χ4n) is 2.63. The van der Waals surface area contributed by atoms with Crippen molar-refractivity contribution in [1.82, 2.24) is 9.80 Å². The lowest BCUT2D eigenvalue weighted by molar-refractivity contribution is -0.135. The minimum absolute atomic E-state index is 0.103. The van der Waals surface area contributed by atoms with Crippen LogP contribution in [0, 0.1) is 17.8 Å². The van der Waals surface area contributed by atoms with Crippen molar-refractivity contribution in [3.63, 3.8) is 0 Å². The van der Waals surface area contributed by atoms with Crippen LogP contribution in [0.4, 0.5) is 0 Å². The average Bonchev–Trinajstić information content (AvgIpc) is 2.85. The summed E-state index contributed by atoms with van der Waals surface area (Å²) in [6.45, 7) is 7.96. The molecule has 4 heteroatoms. The summed E-state index contributed by atoms with van der Waals surface area (Å²) in [5.74, 6) is 6.68. The predicted octanol–water partition coefficient (Wildman–Crippen LogP) is 0.971. The molecular weight excluding hydrogens is 240 g/mol. The van der Waals surface area contributed by atoms with Gasteiger partial charge in [-0.25, -0.2) is 0 Å². The molecule has 106 valence electrons. The molecule has 1 unspecified atom stereocenters. The Morgan fingerprint density at radius 1 is 1.26 bits per heavy atom. The summed E-state index contributed by atoms with van der Waals surface area (Å²) in [6, 6.07) is 0. The number of ether oxygens (including phenoxy) is 1. The number of carbonyl (C=O) groups excluding carboxylic acids is 1. The summed E-state index contributed by atoms with van der Waals surface area (Å²) in [5, 5.41) is 0. The molecule has 0 aromatic heterocycles. The van der Waals surface area contributed by atoms with Crippen LogP contribution in [-0.4, -0.2) is 61.6 Å². The topological polar surface area (TPSA) is 32.8 Å². The highest BCUT2D eigenvalue weighted by Gasteiger charge is 2.28. The molecule has 2 aliphatic heterocycles. The average molecular weight is 264 g/mol. The Kier molecular flexibility index (Phi) is 5.68. The Morgan fingerprint density at radius 2 is 2.16 bits per heavy atom. The van der Waals surface area contributed by atoms with Crippen LogP contribution >= 0.6 is 0 Å². The lowest BCUT2D eigenvalue weighted by atomic mass is 10.1. The van der Waals surface area contributed by atoms with E-state index in [4.69, 9.17) is 4.74 Å². The first kappa shape index (κ1) is 14.4. The van der Waals surface area contributed by atoms with Gasteiger partial charge in [0.2, 0.25) is 5.91 Å². The molecule has 19 heavy (non-hydrogen) atoms. The van der Waals surface area contributed by atoms with E-state index in [0.717, 1.165) is 58.6 Å². The number of rotatable bonds is 2. The van der Waals surface area contributed by atoms with Crippen LogP contribution in [0.5, 0.6) is 0 Å². The SMILES string of the molecule is CCC#CCN1CCCN(C(=O)C2CCOC2)CC1. The molecule has 0 radical (unpaired) electrons. The molecule has 1 amide bonds. The van der Waals surface area contributed by atoms with Gasteiger partial charge in [0.15, 0.2) is 0 Å². The van der Waals surface area contributed by atoms with Gasteiger partial charge in [-0.3, -0.25) is 9.69 Å². The van der Waals surface area contributed by atoms with Gasteiger partial charge in [-0.2, -0.15) is 0 Å². The Hall–Kier alpha value is -1.05. The second kappa shape index (κ2) is 7.52.